The van der Waals surface area contributed by atoms with E-state index in [0.29, 0.717) is 30.1 Å². The van der Waals surface area contributed by atoms with Crippen LogP contribution in [0.25, 0.3) is 11.0 Å². The summed E-state index contributed by atoms with van der Waals surface area (Å²) < 4.78 is 42.9. The van der Waals surface area contributed by atoms with Crippen molar-refractivity contribution in [3.05, 3.63) is 88.7 Å². The summed E-state index contributed by atoms with van der Waals surface area (Å²) in [5, 5.41) is 9.51. The highest BCUT2D eigenvalue weighted by Crippen LogP contribution is 2.29. The molecule has 3 aromatic carbocycles. The van der Waals surface area contributed by atoms with Gasteiger partial charge in [-0.25, -0.2) is 18.6 Å². The molecule has 1 unspecified atom stereocenters. The molecular formula is C35H34F2N4O4. The first-order valence-corrected chi connectivity index (χ1v) is 15.4. The smallest absolute Gasteiger partial charge is 0.335 e. The lowest BCUT2D eigenvalue weighted by atomic mass is 10.1. The van der Waals surface area contributed by atoms with E-state index in [1.807, 2.05) is 0 Å². The van der Waals surface area contributed by atoms with Gasteiger partial charge in [-0.2, -0.15) is 0 Å². The number of carboxylic acid groups (broad SMARTS) is 1. The lowest BCUT2D eigenvalue weighted by molar-refractivity contribution is -0.0592. The number of aromatic nitrogens is 2. The van der Waals surface area contributed by atoms with Crippen LogP contribution in [0, 0.1) is 29.4 Å². The maximum absolute atomic E-state index is 14.7. The average Bonchev–Trinajstić information content (AvgIpc) is 3.79. The number of anilines is 1. The Balaban J connectivity index is 0.993. The highest BCUT2D eigenvalue weighted by molar-refractivity contribution is 5.92. The molecule has 1 saturated carbocycles. The van der Waals surface area contributed by atoms with Gasteiger partial charge in [0.25, 0.3) is 0 Å². The number of hydrogen-bond donors (Lipinski definition) is 1. The fourth-order valence-corrected chi connectivity index (χ4v) is 5.74. The Morgan fingerprint density at radius 3 is 2.53 bits per heavy atom. The molecule has 10 heteroatoms. The van der Waals surface area contributed by atoms with Crippen molar-refractivity contribution in [2.45, 2.75) is 45.1 Å². The second kappa shape index (κ2) is 12.5. The van der Waals surface area contributed by atoms with Crippen molar-refractivity contribution in [2.24, 2.45) is 5.92 Å². The summed E-state index contributed by atoms with van der Waals surface area (Å²) in [7, 11) is 0. The molecule has 3 heterocycles. The van der Waals surface area contributed by atoms with Crippen molar-refractivity contribution in [3.63, 3.8) is 0 Å². The topological polar surface area (TPSA) is 80.1 Å². The zero-order valence-corrected chi connectivity index (χ0v) is 24.8. The molecule has 1 aliphatic carbocycles. The highest BCUT2D eigenvalue weighted by atomic mass is 19.1. The summed E-state index contributed by atoms with van der Waals surface area (Å²) in [4.78, 5) is 21.0. The summed E-state index contributed by atoms with van der Waals surface area (Å²) in [6.45, 7) is 4.87. The molecule has 1 aromatic heterocycles. The average molecular weight is 613 g/mol. The minimum absolute atomic E-state index is 0.0830. The predicted molar refractivity (Wildman–Crippen MR) is 165 cm³/mol. The molecule has 4 aromatic rings. The number of imidazole rings is 1. The van der Waals surface area contributed by atoms with Gasteiger partial charge in [0.1, 0.15) is 18.2 Å². The van der Waals surface area contributed by atoms with Crippen LogP contribution in [0.5, 0.6) is 5.75 Å². The molecule has 3 aliphatic rings. The van der Waals surface area contributed by atoms with E-state index in [0.717, 1.165) is 74.6 Å². The van der Waals surface area contributed by atoms with E-state index >= 15 is 0 Å². The Bertz CT molecular complexity index is 1800. The SMILES string of the molecule is O=C(O)c1ccc2nc(CN3CCN(c4ccc(F)c(OCc5ccc(C#CC6CC6)cc5F)c4)CC3)n(CC3CCO3)c2c1. The van der Waals surface area contributed by atoms with E-state index in [4.69, 9.17) is 14.5 Å². The van der Waals surface area contributed by atoms with Crippen molar-refractivity contribution in [3.8, 4) is 17.6 Å². The normalized spacial score (nSPS) is 18.4. The molecule has 232 valence electrons. The van der Waals surface area contributed by atoms with Gasteiger partial charge in [0.2, 0.25) is 0 Å². The molecule has 7 rings (SSSR count). The van der Waals surface area contributed by atoms with E-state index in [9.17, 15) is 18.7 Å². The van der Waals surface area contributed by atoms with Crippen molar-refractivity contribution in [1.82, 2.24) is 14.5 Å². The van der Waals surface area contributed by atoms with E-state index in [1.54, 1.807) is 42.5 Å². The number of benzene rings is 3. The molecule has 0 spiro atoms. The van der Waals surface area contributed by atoms with Gasteiger partial charge in [0.05, 0.1) is 35.8 Å². The Hall–Kier alpha value is -4.46. The number of piperazine rings is 1. The summed E-state index contributed by atoms with van der Waals surface area (Å²) in [5.74, 6) is 5.67. The summed E-state index contributed by atoms with van der Waals surface area (Å²) >= 11 is 0. The molecule has 8 nitrogen and oxygen atoms in total. The molecular weight excluding hydrogens is 578 g/mol. The molecule has 1 N–H and O–H groups in total. The van der Waals surface area contributed by atoms with Crippen LogP contribution in [-0.4, -0.2) is 64.4 Å². The molecule has 2 aliphatic heterocycles. The van der Waals surface area contributed by atoms with Crippen LogP contribution in [0.1, 0.15) is 46.6 Å². The molecule has 1 atom stereocenters. The number of aromatic carboxylic acids is 1. The largest absolute Gasteiger partial charge is 0.486 e. The number of rotatable bonds is 9. The van der Waals surface area contributed by atoms with Gasteiger partial charge in [-0.05, 0) is 61.7 Å². The quantitative estimate of drug-likeness (QED) is 0.252. The predicted octanol–water partition coefficient (Wildman–Crippen LogP) is 5.46. The van der Waals surface area contributed by atoms with Crippen LogP contribution in [0.4, 0.5) is 14.5 Å². The minimum Gasteiger partial charge on any atom is -0.486 e. The van der Waals surface area contributed by atoms with Gasteiger partial charge in [0, 0.05) is 61.6 Å². The fraction of sp³-hybridized carbons (Fsp3) is 0.371. The van der Waals surface area contributed by atoms with Crippen LogP contribution in [0.2, 0.25) is 0 Å². The summed E-state index contributed by atoms with van der Waals surface area (Å²) in [6, 6.07) is 14.7. The number of carboxylic acids is 1. The van der Waals surface area contributed by atoms with E-state index < -0.39 is 17.6 Å². The number of fused-ring (bicyclic) bond motifs is 1. The monoisotopic (exact) mass is 612 g/mol. The molecule has 0 bridgehead atoms. The highest BCUT2D eigenvalue weighted by Gasteiger charge is 2.25. The zero-order chi connectivity index (χ0) is 30.9. The number of halogens is 2. The van der Waals surface area contributed by atoms with Crippen molar-refractivity contribution >= 4 is 22.7 Å². The minimum atomic E-state index is -0.966. The van der Waals surface area contributed by atoms with Crippen LogP contribution in [0.15, 0.2) is 54.6 Å². The third-order valence-corrected chi connectivity index (χ3v) is 8.71. The van der Waals surface area contributed by atoms with Crippen LogP contribution < -0.4 is 9.64 Å². The number of ether oxygens (including phenoxy) is 2. The van der Waals surface area contributed by atoms with Crippen LogP contribution >= 0.6 is 0 Å². The van der Waals surface area contributed by atoms with Crippen LogP contribution in [-0.2, 0) is 24.4 Å². The first-order chi connectivity index (χ1) is 21.9. The lowest BCUT2D eigenvalue weighted by Gasteiger charge is -2.36. The van der Waals surface area contributed by atoms with Gasteiger partial charge in [-0.3, -0.25) is 4.90 Å². The Labute approximate surface area is 260 Å². The Morgan fingerprint density at radius 1 is 1.00 bits per heavy atom. The first-order valence-electron chi connectivity index (χ1n) is 15.4. The summed E-state index contributed by atoms with van der Waals surface area (Å²) in [5.41, 5.74) is 3.62. The van der Waals surface area contributed by atoms with Gasteiger partial charge in [0.15, 0.2) is 11.6 Å². The van der Waals surface area contributed by atoms with Crippen molar-refractivity contribution in [1.29, 1.82) is 0 Å². The third kappa shape index (κ3) is 6.65. The van der Waals surface area contributed by atoms with Crippen LogP contribution in [0.3, 0.4) is 0 Å². The zero-order valence-electron chi connectivity index (χ0n) is 24.8. The lowest BCUT2D eigenvalue weighted by Crippen LogP contribution is -2.46. The molecule has 3 fully saturated rings. The van der Waals surface area contributed by atoms with Gasteiger partial charge in [-0.1, -0.05) is 17.9 Å². The van der Waals surface area contributed by atoms with E-state index in [2.05, 4.69) is 26.2 Å². The van der Waals surface area contributed by atoms with E-state index in [1.165, 1.54) is 12.1 Å². The number of hydrogen-bond acceptors (Lipinski definition) is 6. The van der Waals surface area contributed by atoms with Gasteiger partial charge in [-0.15, -0.1) is 0 Å². The second-order valence-corrected chi connectivity index (χ2v) is 11.9. The van der Waals surface area contributed by atoms with E-state index in [-0.39, 0.29) is 24.0 Å². The first kappa shape index (κ1) is 29.3. The Kier molecular flexibility index (Phi) is 8.13. The summed E-state index contributed by atoms with van der Waals surface area (Å²) in [6.07, 6.45) is 3.29. The van der Waals surface area contributed by atoms with Crippen molar-refractivity contribution < 1.29 is 28.2 Å². The van der Waals surface area contributed by atoms with Gasteiger partial charge < -0.3 is 24.0 Å². The molecule has 2 saturated heterocycles. The number of nitrogens with zero attached hydrogens (tertiary/aromatic N) is 4. The standard InChI is InChI=1S/C35H34F2N4O4/c36-29-9-8-27(19-33(29)45-22-26-6-5-24(17-30(26)37)4-3-23-1-2-23)40-14-12-39(13-15-40)21-34-38-31-10-7-25(35(42)43)18-32(31)41(34)20-28-11-16-44-28/h5-10,17-19,23,28H,1-2,11-16,20-22H2,(H,42,43). The Morgan fingerprint density at radius 2 is 1.82 bits per heavy atom. The van der Waals surface area contributed by atoms with Crippen molar-refractivity contribution in [2.75, 3.05) is 37.7 Å². The maximum atomic E-state index is 14.7. The third-order valence-electron chi connectivity index (χ3n) is 8.71. The maximum Gasteiger partial charge on any atom is 0.335 e. The number of carbonyl (C=O) groups is 1. The fourth-order valence-electron chi connectivity index (χ4n) is 5.74. The molecule has 45 heavy (non-hydrogen) atoms. The molecule has 0 radical (unpaired) electrons. The van der Waals surface area contributed by atoms with Gasteiger partial charge >= 0.3 is 5.97 Å². The molecule has 0 amide bonds. The second-order valence-electron chi connectivity index (χ2n) is 11.9.